The van der Waals surface area contributed by atoms with E-state index in [0.717, 1.165) is 22.4 Å². The third-order valence-electron chi connectivity index (χ3n) is 3.27. The van der Waals surface area contributed by atoms with Gasteiger partial charge >= 0.3 is 0 Å². The number of carbonyl (C=O) groups is 1. The lowest BCUT2D eigenvalue weighted by Gasteiger charge is -2.04. The van der Waals surface area contributed by atoms with E-state index in [1.54, 1.807) is 12.1 Å². The van der Waals surface area contributed by atoms with Gasteiger partial charge in [0.1, 0.15) is 5.82 Å². The number of primary amides is 1. The number of nitrogens with one attached hydrogen (secondary N) is 2. The molecular formula is C16H16N4O. The van der Waals surface area contributed by atoms with Gasteiger partial charge in [0.25, 0.3) is 0 Å². The van der Waals surface area contributed by atoms with Gasteiger partial charge in [-0.25, -0.2) is 4.98 Å². The van der Waals surface area contributed by atoms with Gasteiger partial charge in [-0.3, -0.25) is 4.79 Å². The molecular weight excluding hydrogens is 264 g/mol. The number of carbonyl (C=O) groups excluding carboxylic acids is 1. The summed E-state index contributed by atoms with van der Waals surface area (Å²) in [4.78, 5) is 18.9. The molecule has 5 nitrogen and oxygen atoms in total. The molecule has 0 aliphatic carbocycles. The van der Waals surface area contributed by atoms with Gasteiger partial charge in [-0.15, -0.1) is 0 Å². The molecule has 3 aromatic rings. The monoisotopic (exact) mass is 280 g/mol. The molecule has 3 rings (SSSR count). The van der Waals surface area contributed by atoms with E-state index in [4.69, 9.17) is 5.73 Å². The van der Waals surface area contributed by atoms with Crippen molar-refractivity contribution < 1.29 is 4.79 Å². The molecule has 0 aliphatic heterocycles. The standard InChI is InChI=1S/C16H16N4O/c17-16(21)12-5-3-4-11(8-12)9-18-10-15-19-13-6-1-2-7-14(13)20-15/h1-8,18H,9-10H2,(H2,17,21)(H,19,20). The first kappa shape index (κ1) is 13.3. The van der Waals surface area contributed by atoms with Crippen LogP contribution in [0.25, 0.3) is 11.0 Å². The van der Waals surface area contributed by atoms with Crippen LogP contribution in [0.15, 0.2) is 48.5 Å². The van der Waals surface area contributed by atoms with Crippen LogP contribution in [0.1, 0.15) is 21.7 Å². The molecule has 106 valence electrons. The summed E-state index contributed by atoms with van der Waals surface area (Å²) in [6, 6.07) is 15.2. The number of para-hydroxylation sites is 2. The van der Waals surface area contributed by atoms with Crippen molar-refractivity contribution in [3.63, 3.8) is 0 Å². The Labute approximate surface area is 122 Å². The number of nitrogens with two attached hydrogens (primary N) is 1. The van der Waals surface area contributed by atoms with Gasteiger partial charge in [0, 0.05) is 12.1 Å². The van der Waals surface area contributed by atoms with Gasteiger partial charge in [-0.1, -0.05) is 24.3 Å². The van der Waals surface area contributed by atoms with E-state index < -0.39 is 5.91 Å². The second-order valence-corrected chi connectivity index (χ2v) is 4.87. The van der Waals surface area contributed by atoms with Crippen molar-refractivity contribution in [2.24, 2.45) is 5.73 Å². The number of benzene rings is 2. The molecule has 4 N–H and O–H groups in total. The summed E-state index contributed by atoms with van der Waals surface area (Å²) in [6.07, 6.45) is 0. The number of H-pyrrole nitrogens is 1. The van der Waals surface area contributed by atoms with Crippen LogP contribution in [-0.4, -0.2) is 15.9 Å². The van der Waals surface area contributed by atoms with Crippen LogP contribution in [0, 0.1) is 0 Å². The predicted molar refractivity (Wildman–Crippen MR) is 81.6 cm³/mol. The zero-order valence-corrected chi connectivity index (χ0v) is 11.5. The summed E-state index contributed by atoms with van der Waals surface area (Å²) in [5, 5.41) is 3.30. The third kappa shape index (κ3) is 3.09. The quantitative estimate of drug-likeness (QED) is 0.668. The Balaban J connectivity index is 1.63. The van der Waals surface area contributed by atoms with Gasteiger partial charge < -0.3 is 16.0 Å². The van der Waals surface area contributed by atoms with Crippen LogP contribution < -0.4 is 11.1 Å². The zero-order valence-electron chi connectivity index (χ0n) is 11.5. The average Bonchev–Trinajstić information content (AvgIpc) is 2.90. The van der Waals surface area contributed by atoms with Crippen LogP contribution >= 0.6 is 0 Å². The minimum atomic E-state index is -0.408. The number of imidazole rings is 1. The van der Waals surface area contributed by atoms with Crippen molar-refractivity contribution in [2.45, 2.75) is 13.1 Å². The molecule has 0 spiro atoms. The van der Waals surface area contributed by atoms with Crippen LogP contribution in [-0.2, 0) is 13.1 Å². The van der Waals surface area contributed by atoms with Crippen molar-refractivity contribution in [1.82, 2.24) is 15.3 Å². The highest BCUT2D eigenvalue weighted by atomic mass is 16.1. The maximum absolute atomic E-state index is 11.1. The summed E-state index contributed by atoms with van der Waals surface area (Å²) in [7, 11) is 0. The molecule has 0 saturated carbocycles. The van der Waals surface area contributed by atoms with Crippen LogP contribution in [0.4, 0.5) is 0 Å². The summed E-state index contributed by atoms with van der Waals surface area (Å²) in [6.45, 7) is 1.29. The van der Waals surface area contributed by atoms with E-state index in [0.29, 0.717) is 18.7 Å². The Morgan fingerprint density at radius 3 is 2.81 bits per heavy atom. The molecule has 0 atom stereocenters. The Morgan fingerprint density at radius 1 is 1.14 bits per heavy atom. The van der Waals surface area contributed by atoms with Crippen molar-refractivity contribution in [1.29, 1.82) is 0 Å². The summed E-state index contributed by atoms with van der Waals surface area (Å²) in [5.74, 6) is 0.483. The van der Waals surface area contributed by atoms with E-state index in [1.807, 2.05) is 36.4 Å². The Bertz CT molecular complexity index is 746. The summed E-state index contributed by atoms with van der Waals surface area (Å²) in [5.41, 5.74) is 8.81. The Morgan fingerprint density at radius 2 is 2.00 bits per heavy atom. The molecule has 0 unspecified atom stereocenters. The van der Waals surface area contributed by atoms with Gasteiger partial charge in [0.15, 0.2) is 0 Å². The van der Waals surface area contributed by atoms with E-state index in [1.165, 1.54) is 0 Å². The van der Waals surface area contributed by atoms with Gasteiger partial charge in [0.2, 0.25) is 5.91 Å². The largest absolute Gasteiger partial charge is 0.366 e. The Kier molecular flexibility index (Phi) is 3.66. The summed E-state index contributed by atoms with van der Waals surface area (Å²) >= 11 is 0. The SMILES string of the molecule is NC(=O)c1cccc(CNCc2nc3ccccc3[nH]2)c1. The first-order valence-corrected chi connectivity index (χ1v) is 6.75. The Hall–Kier alpha value is -2.66. The normalized spacial score (nSPS) is 10.9. The van der Waals surface area contributed by atoms with Gasteiger partial charge in [-0.05, 0) is 29.8 Å². The lowest BCUT2D eigenvalue weighted by atomic mass is 10.1. The molecule has 5 heteroatoms. The van der Waals surface area contributed by atoms with Crippen molar-refractivity contribution >= 4 is 16.9 Å². The number of hydrogen-bond donors (Lipinski definition) is 3. The second kappa shape index (κ2) is 5.76. The fraction of sp³-hybridized carbons (Fsp3) is 0.125. The highest BCUT2D eigenvalue weighted by molar-refractivity contribution is 5.92. The lowest BCUT2D eigenvalue weighted by Crippen LogP contribution is -2.15. The smallest absolute Gasteiger partial charge is 0.248 e. The highest BCUT2D eigenvalue weighted by Gasteiger charge is 2.03. The van der Waals surface area contributed by atoms with E-state index in [9.17, 15) is 4.79 Å². The number of nitrogens with zero attached hydrogens (tertiary/aromatic N) is 1. The molecule has 0 radical (unpaired) electrons. The zero-order chi connectivity index (χ0) is 14.7. The number of rotatable bonds is 5. The van der Waals surface area contributed by atoms with Crippen molar-refractivity contribution in [3.05, 3.63) is 65.5 Å². The number of aromatic nitrogens is 2. The number of hydrogen-bond acceptors (Lipinski definition) is 3. The lowest BCUT2D eigenvalue weighted by molar-refractivity contribution is 0.1000. The minimum absolute atomic E-state index is 0.408. The molecule has 0 fully saturated rings. The molecule has 21 heavy (non-hydrogen) atoms. The molecule has 0 bridgehead atoms. The molecule has 0 aliphatic rings. The minimum Gasteiger partial charge on any atom is -0.366 e. The second-order valence-electron chi connectivity index (χ2n) is 4.87. The first-order valence-electron chi connectivity index (χ1n) is 6.75. The first-order chi connectivity index (χ1) is 10.2. The van der Waals surface area contributed by atoms with Crippen molar-refractivity contribution in [2.75, 3.05) is 0 Å². The number of aromatic amines is 1. The van der Waals surface area contributed by atoms with E-state index in [-0.39, 0.29) is 0 Å². The van der Waals surface area contributed by atoms with E-state index in [2.05, 4.69) is 15.3 Å². The summed E-state index contributed by atoms with van der Waals surface area (Å²) < 4.78 is 0. The van der Waals surface area contributed by atoms with Gasteiger partial charge in [0.05, 0.1) is 17.6 Å². The maximum atomic E-state index is 11.1. The highest BCUT2D eigenvalue weighted by Crippen LogP contribution is 2.10. The molecule has 1 heterocycles. The molecule has 0 saturated heterocycles. The molecule has 1 amide bonds. The van der Waals surface area contributed by atoms with E-state index >= 15 is 0 Å². The fourth-order valence-corrected chi connectivity index (χ4v) is 2.25. The van der Waals surface area contributed by atoms with Crippen LogP contribution in [0.3, 0.4) is 0 Å². The van der Waals surface area contributed by atoms with Crippen molar-refractivity contribution in [3.8, 4) is 0 Å². The predicted octanol–water partition coefficient (Wildman–Crippen LogP) is 1.95. The molecule has 2 aromatic carbocycles. The third-order valence-corrected chi connectivity index (χ3v) is 3.27. The van der Waals surface area contributed by atoms with Crippen LogP contribution in [0.5, 0.6) is 0 Å². The maximum Gasteiger partial charge on any atom is 0.248 e. The van der Waals surface area contributed by atoms with Crippen LogP contribution in [0.2, 0.25) is 0 Å². The average molecular weight is 280 g/mol. The number of fused-ring (bicyclic) bond motifs is 1. The molecule has 1 aromatic heterocycles. The topological polar surface area (TPSA) is 83.8 Å². The number of amides is 1. The fourth-order valence-electron chi connectivity index (χ4n) is 2.25. The van der Waals surface area contributed by atoms with Gasteiger partial charge in [-0.2, -0.15) is 0 Å².